The maximum atomic E-state index is 12.9. The molecule has 0 radical (unpaired) electrons. The molecule has 0 atom stereocenters. The van der Waals surface area contributed by atoms with Crippen LogP contribution in [0.15, 0.2) is 23.0 Å². The van der Waals surface area contributed by atoms with Crippen LogP contribution in [0, 0.1) is 5.82 Å². The van der Waals surface area contributed by atoms with Gasteiger partial charge in [0.2, 0.25) is 0 Å². The molecule has 0 unspecified atom stereocenters. The lowest BCUT2D eigenvalue weighted by Gasteiger charge is -2.12. The molecule has 0 saturated heterocycles. The van der Waals surface area contributed by atoms with Crippen molar-refractivity contribution in [2.24, 2.45) is 0 Å². The molecule has 4 nitrogen and oxygen atoms in total. The van der Waals surface area contributed by atoms with Gasteiger partial charge < -0.3 is 9.88 Å². The van der Waals surface area contributed by atoms with Crippen LogP contribution in [0.25, 0.3) is 10.9 Å². The van der Waals surface area contributed by atoms with Gasteiger partial charge in [-0.1, -0.05) is 0 Å². The third kappa shape index (κ3) is 1.68. The van der Waals surface area contributed by atoms with E-state index >= 15 is 0 Å². The highest BCUT2D eigenvalue weighted by Gasteiger charge is 2.07. The van der Waals surface area contributed by atoms with Crippen molar-refractivity contribution in [3.05, 3.63) is 34.5 Å². The third-order valence-electron chi connectivity index (χ3n) is 2.10. The van der Waals surface area contributed by atoms with Crippen molar-refractivity contribution in [3.63, 3.8) is 0 Å². The molecule has 0 aliphatic rings. The maximum absolute atomic E-state index is 12.9. The number of fused-ring (bicyclic) bond motifs is 1. The molecule has 78 valence electrons. The Labute approximate surface area is 85.4 Å². The minimum Gasteiger partial charge on any atom is -0.362 e. The van der Waals surface area contributed by atoms with Gasteiger partial charge in [-0.15, -0.1) is 0 Å². The highest BCUT2D eigenvalue weighted by molar-refractivity contribution is 5.88. The van der Waals surface area contributed by atoms with Crippen molar-refractivity contribution in [2.45, 2.75) is 0 Å². The first-order valence-electron chi connectivity index (χ1n) is 4.45. The molecule has 1 N–H and O–H groups in total. The minimum absolute atomic E-state index is 0.381. The number of halogens is 1. The highest BCUT2D eigenvalue weighted by atomic mass is 19.1. The van der Waals surface area contributed by atoms with E-state index in [2.05, 4.69) is 9.97 Å². The Morgan fingerprint density at radius 1 is 1.40 bits per heavy atom. The lowest BCUT2D eigenvalue weighted by atomic mass is 10.2. The lowest BCUT2D eigenvalue weighted by Crippen LogP contribution is -2.19. The molecule has 0 aliphatic heterocycles. The van der Waals surface area contributed by atoms with Crippen molar-refractivity contribution in [1.29, 1.82) is 0 Å². The average Bonchev–Trinajstić information content (AvgIpc) is 2.15. The Morgan fingerprint density at radius 3 is 2.80 bits per heavy atom. The molecule has 2 aromatic rings. The van der Waals surface area contributed by atoms with Crippen molar-refractivity contribution in [1.82, 2.24) is 9.97 Å². The molecule has 15 heavy (non-hydrogen) atoms. The molecule has 0 saturated carbocycles. The minimum atomic E-state index is -0.475. The SMILES string of the molecule is CN(C)c1nc(=O)[nH]c2cc(F)ccc12. The second-order valence-electron chi connectivity index (χ2n) is 3.45. The van der Waals surface area contributed by atoms with Gasteiger partial charge in [0, 0.05) is 19.5 Å². The van der Waals surface area contributed by atoms with Gasteiger partial charge in [0.1, 0.15) is 11.6 Å². The molecule has 0 fully saturated rings. The van der Waals surface area contributed by atoms with Crippen LogP contribution in [0.1, 0.15) is 0 Å². The highest BCUT2D eigenvalue weighted by Crippen LogP contribution is 2.20. The molecule has 1 aromatic heterocycles. The number of hydrogen-bond donors (Lipinski definition) is 1. The van der Waals surface area contributed by atoms with Crippen LogP contribution in [0.3, 0.4) is 0 Å². The largest absolute Gasteiger partial charge is 0.362 e. The normalized spacial score (nSPS) is 10.6. The number of nitrogens with one attached hydrogen (secondary N) is 1. The van der Waals surface area contributed by atoms with Gasteiger partial charge in [0.05, 0.1) is 5.52 Å². The molecule has 0 spiro atoms. The molecule has 2 rings (SSSR count). The van der Waals surface area contributed by atoms with E-state index in [1.165, 1.54) is 12.1 Å². The summed E-state index contributed by atoms with van der Waals surface area (Å²) >= 11 is 0. The number of H-pyrrole nitrogens is 1. The zero-order valence-electron chi connectivity index (χ0n) is 8.41. The Morgan fingerprint density at radius 2 is 2.13 bits per heavy atom. The number of aromatic nitrogens is 2. The van der Waals surface area contributed by atoms with E-state index in [1.807, 2.05) is 0 Å². The van der Waals surface area contributed by atoms with E-state index in [9.17, 15) is 9.18 Å². The smallest absolute Gasteiger partial charge is 0.347 e. The zero-order valence-corrected chi connectivity index (χ0v) is 8.41. The fourth-order valence-corrected chi connectivity index (χ4v) is 1.46. The van der Waals surface area contributed by atoms with Gasteiger partial charge in [-0.25, -0.2) is 9.18 Å². The van der Waals surface area contributed by atoms with Crippen LogP contribution in [0.4, 0.5) is 10.2 Å². The number of benzene rings is 1. The van der Waals surface area contributed by atoms with Crippen molar-refractivity contribution in [2.75, 3.05) is 19.0 Å². The van der Waals surface area contributed by atoms with Gasteiger partial charge in [-0.05, 0) is 18.2 Å². The quantitative estimate of drug-likeness (QED) is 0.762. The van der Waals surface area contributed by atoms with E-state index in [4.69, 9.17) is 0 Å². The van der Waals surface area contributed by atoms with Gasteiger partial charge >= 0.3 is 5.69 Å². The first-order valence-corrected chi connectivity index (χ1v) is 4.45. The van der Waals surface area contributed by atoms with E-state index in [1.54, 1.807) is 25.1 Å². The fourth-order valence-electron chi connectivity index (χ4n) is 1.46. The van der Waals surface area contributed by atoms with Gasteiger partial charge in [0.25, 0.3) is 0 Å². The van der Waals surface area contributed by atoms with Crippen molar-refractivity contribution < 1.29 is 4.39 Å². The number of hydrogen-bond acceptors (Lipinski definition) is 3. The molecular weight excluding hydrogens is 197 g/mol. The summed E-state index contributed by atoms with van der Waals surface area (Å²) in [6.45, 7) is 0. The summed E-state index contributed by atoms with van der Waals surface area (Å²) in [4.78, 5) is 19.2. The Bertz CT molecular complexity index is 562. The van der Waals surface area contributed by atoms with Gasteiger partial charge in [0.15, 0.2) is 0 Å². The standard InChI is InChI=1S/C10H10FN3O/c1-14(2)9-7-4-3-6(11)5-8(7)12-10(15)13-9/h3-5H,1-2H3,(H,12,13,15). The van der Waals surface area contributed by atoms with Crippen LogP contribution >= 0.6 is 0 Å². The van der Waals surface area contributed by atoms with Crippen LogP contribution in [0.5, 0.6) is 0 Å². The predicted molar refractivity (Wildman–Crippen MR) is 56.6 cm³/mol. The van der Waals surface area contributed by atoms with Crippen LogP contribution < -0.4 is 10.6 Å². The van der Waals surface area contributed by atoms with E-state index in [-0.39, 0.29) is 5.82 Å². The Hall–Kier alpha value is -1.91. The number of aromatic amines is 1. The molecular formula is C10H10FN3O. The van der Waals surface area contributed by atoms with Crippen molar-refractivity contribution >= 4 is 16.7 Å². The van der Waals surface area contributed by atoms with Crippen molar-refractivity contribution in [3.8, 4) is 0 Å². The van der Waals surface area contributed by atoms with Gasteiger partial charge in [-0.2, -0.15) is 4.98 Å². The summed E-state index contributed by atoms with van der Waals surface area (Å²) < 4.78 is 12.9. The van der Waals surface area contributed by atoms with E-state index < -0.39 is 5.69 Å². The molecule has 0 aliphatic carbocycles. The predicted octanol–water partition coefficient (Wildman–Crippen LogP) is 1.13. The zero-order chi connectivity index (χ0) is 11.0. The monoisotopic (exact) mass is 207 g/mol. The van der Waals surface area contributed by atoms with Crippen LogP contribution in [-0.2, 0) is 0 Å². The number of rotatable bonds is 1. The van der Waals surface area contributed by atoms with E-state index in [0.717, 1.165) is 5.39 Å². The summed E-state index contributed by atoms with van der Waals surface area (Å²) in [5, 5.41) is 0.723. The molecule has 0 bridgehead atoms. The lowest BCUT2D eigenvalue weighted by molar-refractivity contribution is 0.629. The summed E-state index contributed by atoms with van der Waals surface area (Å²) in [5.74, 6) is 0.155. The Balaban J connectivity index is 2.86. The summed E-state index contributed by atoms with van der Waals surface area (Å²) in [7, 11) is 3.56. The molecule has 1 aromatic carbocycles. The average molecular weight is 207 g/mol. The third-order valence-corrected chi connectivity index (χ3v) is 2.10. The fraction of sp³-hybridized carbons (Fsp3) is 0.200. The van der Waals surface area contributed by atoms with Crippen LogP contribution in [0.2, 0.25) is 0 Å². The molecule has 0 amide bonds. The second kappa shape index (κ2) is 3.34. The molecule has 5 heteroatoms. The number of anilines is 1. The maximum Gasteiger partial charge on any atom is 0.347 e. The topological polar surface area (TPSA) is 49.0 Å². The number of nitrogens with zero attached hydrogens (tertiary/aromatic N) is 2. The van der Waals surface area contributed by atoms with Gasteiger partial charge in [-0.3, -0.25) is 0 Å². The summed E-state index contributed by atoms with van der Waals surface area (Å²) in [5.41, 5.74) is -0.0181. The Kier molecular flexibility index (Phi) is 2.15. The first kappa shape index (κ1) is 9.64. The second-order valence-corrected chi connectivity index (χ2v) is 3.45. The summed E-state index contributed by atoms with van der Waals surface area (Å²) in [6.07, 6.45) is 0. The molecule has 1 heterocycles. The van der Waals surface area contributed by atoms with Crippen LogP contribution in [-0.4, -0.2) is 24.1 Å². The summed E-state index contributed by atoms with van der Waals surface area (Å²) in [6, 6.07) is 4.23. The van der Waals surface area contributed by atoms with E-state index in [0.29, 0.717) is 11.3 Å². The first-order chi connectivity index (χ1) is 7.08.